The number of hydrogen-bond donors (Lipinski definition) is 1. The molecule has 1 aliphatic rings. The molecule has 0 saturated carbocycles. The van der Waals surface area contributed by atoms with Gasteiger partial charge in [0.1, 0.15) is 11.4 Å². The Morgan fingerprint density at radius 2 is 1.87 bits per heavy atom. The lowest BCUT2D eigenvalue weighted by Gasteiger charge is -2.40. The van der Waals surface area contributed by atoms with Crippen molar-refractivity contribution in [1.82, 2.24) is 15.0 Å². The lowest BCUT2D eigenvalue weighted by Crippen LogP contribution is -2.48. The van der Waals surface area contributed by atoms with Crippen molar-refractivity contribution in [3.63, 3.8) is 0 Å². The fourth-order valence-corrected chi connectivity index (χ4v) is 5.37. The van der Waals surface area contributed by atoms with Gasteiger partial charge in [0.15, 0.2) is 0 Å². The molecule has 0 bridgehead atoms. The van der Waals surface area contributed by atoms with Crippen LogP contribution in [0.3, 0.4) is 0 Å². The van der Waals surface area contributed by atoms with Gasteiger partial charge in [-0.05, 0) is 47.7 Å². The Balaban J connectivity index is 1.20. The topological polar surface area (TPSA) is 102 Å². The van der Waals surface area contributed by atoms with E-state index in [0.717, 1.165) is 54.1 Å². The van der Waals surface area contributed by atoms with Gasteiger partial charge in [0, 0.05) is 55.0 Å². The molecule has 1 fully saturated rings. The molecule has 0 unspecified atom stereocenters. The first kappa shape index (κ1) is 27.0. The van der Waals surface area contributed by atoms with E-state index < -0.39 is 11.8 Å². The van der Waals surface area contributed by atoms with Gasteiger partial charge in [-0.15, -0.1) is 0 Å². The quantitative estimate of drug-likeness (QED) is 0.220. The van der Waals surface area contributed by atoms with E-state index in [0.29, 0.717) is 41.9 Å². The van der Waals surface area contributed by atoms with E-state index in [2.05, 4.69) is 41.0 Å². The van der Waals surface area contributed by atoms with Gasteiger partial charge >= 0.3 is 6.16 Å². The molecule has 1 N–H and O–H groups in total. The summed E-state index contributed by atoms with van der Waals surface area (Å²) in [5, 5.41) is 14.2. The highest BCUT2D eigenvalue weighted by Gasteiger charge is 2.39. The van der Waals surface area contributed by atoms with Gasteiger partial charge in [0.25, 0.3) is 5.89 Å². The summed E-state index contributed by atoms with van der Waals surface area (Å²) >= 11 is 6.48. The molecule has 0 radical (unpaired) electrons. The Morgan fingerprint density at radius 3 is 2.51 bits per heavy atom. The first-order chi connectivity index (χ1) is 18.8. The van der Waals surface area contributed by atoms with Crippen molar-refractivity contribution in [2.24, 2.45) is 5.92 Å². The number of likely N-dealkylation sites (tertiary alicyclic amines) is 1. The number of nitrogens with zero attached hydrogens (tertiary/aromatic N) is 3. The van der Waals surface area contributed by atoms with Gasteiger partial charge < -0.3 is 18.8 Å². The van der Waals surface area contributed by atoms with Crippen molar-refractivity contribution in [3.05, 3.63) is 82.8 Å². The Kier molecular flexibility index (Phi) is 8.04. The van der Waals surface area contributed by atoms with Crippen LogP contribution in [0, 0.1) is 5.92 Å². The molecule has 0 amide bonds. The highest BCUT2D eigenvalue weighted by Crippen LogP contribution is 2.32. The van der Waals surface area contributed by atoms with E-state index in [-0.39, 0.29) is 0 Å². The van der Waals surface area contributed by atoms with Crippen LogP contribution in [0.5, 0.6) is 0 Å². The zero-order valence-corrected chi connectivity index (χ0v) is 22.9. The summed E-state index contributed by atoms with van der Waals surface area (Å²) in [7, 11) is 0. The van der Waals surface area contributed by atoms with E-state index in [1.807, 2.05) is 36.4 Å². The maximum Gasteiger partial charge on any atom is 0.506 e. The van der Waals surface area contributed by atoms with Crippen LogP contribution in [0.4, 0.5) is 4.79 Å². The van der Waals surface area contributed by atoms with E-state index in [9.17, 15) is 9.90 Å². The minimum absolute atomic E-state index is 0.432. The predicted octanol–water partition coefficient (Wildman–Crippen LogP) is 7.12. The molecule has 3 heterocycles. The number of furan rings is 1. The molecular weight excluding hydrogens is 518 g/mol. The predicted molar refractivity (Wildman–Crippen MR) is 147 cm³/mol. The Morgan fingerprint density at radius 1 is 1.13 bits per heavy atom. The molecule has 2 aromatic heterocycles. The SMILES string of the molecule is CC(C)Cc1ccc(-c2nc(-c3ccc(CN4CCC(Cc5ccco5)(OC(=O)O)CC4)cc3)no2)cc1Cl. The van der Waals surface area contributed by atoms with E-state index in [4.69, 9.17) is 25.3 Å². The lowest BCUT2D eigenvalue weighted by atomic mass is 9.86. The van der Waals surface area contributed by atoms with Crippen molar-refractivity contribution in [1.29, 1.82) is 0 Å². The number of ether oxygens (including phenoxy) is 1. The highest BCUT2D eigenvalue weighted by atomic mass is 35.5. The van der Waals surface area contributed by atoms with Crippen molar-refractivity contribution < 1.29 is 23.6 Å². The lowest BCUT2D eigenvalue weighted by molar-refractivity contribution is -0.0593. The van der Waals surface area contributed by atoms with Gasteiger partial charge in [-0.3, -0.25) is 4.90 Å². The fourth-order valence-electron chi connectivity index (χ4n) is 5.11. The number of aromatic nitrogens is 2. The summed E-state index contributed by atoms with van der Waals surface area (Å²) in [5.41, 5.74) is 3.15. The zero-order chi connectivity index (χ0) is 27.4. The van der Waals surface area contributed by atoms with Gasteiger partial charge in [-0.2, -0.15) is 4.98 Å². The zero-order valence-electron chi connectivity index (χ0n) is 22.1. The third-order valence-electron chi connectivity index (χ3n) is 7.12. The fraction of sp³-hybridized carbons (Fsp3) is 0.367. The molecule has 0 spiro atoms. The smallest absolute Gasteiger partial charge is 0.469 e. The monoisotopic (exact) mass is 549 g/mol. The van der Waals surface area contributed by atoms with Gasteiger partial charge in [0.2, 0.25) is 5.82 Å². The minimum atomic E-state index is -1.25. The van der Waals surface area contributed by atoms with Gasteiger partial charge in [-0.25, -0.2) is 4.79 Å². The third kappa shape index (κ3) is 6.69. The standard InChI is InChI=1S/C30H32ClN3O5/c1-20(2)16-23-9-10-24(17-26(23)31)28-32-27(33-39-28)22-7-5-21(6-8-22)19-34-13-11-30(12-14-34,38-29(35)36)18-25-4-3-15-37-25/h3-10,15,17,20H,11-14,16,18-19H2,1-2H3,(H,35,36). The summed E-state index contributed by atoms with van der Waals surface area (Å²) < 4.78 is 16.4. The summed E-state index contributed by atoms with van der Waals surface area (Å²) in [5.74, 6) is 2.21. The van der Waals surface area contributed by atoms with Crippen LogP contribution in [-0.2, 0) is 24.1 Å². The molecule has 2 aromatic carbocycles. The summed E-state index contributed by atoms with van der Waals surface area (Å²) in [4.78, 5) is 18.3. The summed E-state index contributed by atoms with van der Waals surface area (Å²) in [6.45, 7) is 6.53. The van der Waals surface area contributed by atoms with Crippen molar-refractivity contribution >= 4 is 17.8 Å². The van der Waals surface area contributed by atoms with Crippen LogP contribution in [0.2, 0.25) is 5.02 Å². The number of carboxylic acid groups (broad SMARTS) is 1. The molecule has 204 valence electrons. The molecule has 1 saturated heterocycles. The van der Waals surface area contributed by atoms with Crippen LogP contribution in [0.15, 0.2) is 69.8 Å². The Bertz CT molecular complexity index is 1390. The first-order valence-corrected chi connectivity index (χ1v) is 13.5. The van der Waals surface area contributed by atoms with Crippen LogP contribution in [0.1, 0.15) is 43.6 Å². The number of carbonyl (C=O) groups is 1. The average molecular weight is 550 g/mol. The van der Waals surface area contributed by atoms with Crippen molar-refractivity contribution in [2.75, 3.05) is 13.1 Å². The second-order valence-corrected chi connectivity index (χ2v) is 11.0. The van der Waals surface area contributed by atoms with Crippen molar-refractivity contribution in [2.45, 2.75) is 51.7 Å². The second kappa shape index (κ2) is 11.6. The van der Waals surface area contributed by atoms with E-state index in [1.54, 1.807) is 12.3 Å². The second-order valence-electron chi connectivity index (χ2n) is 10.6. The molecular formula is C30H32ClN3O5. The number of rotatable bonds is 9. The molecule has 1 aliphatic heterocycles. The molecule has 0 aliphatic carbocycles. The number of benzene rings is 2. The third-order valence-corrected chi connectivity index (χ3v) is 7.47. The number of piperidine rings is 1. The Hall–Kier alpha value is -3.62. The van der Waals surface area contributed by atoms with Crippen molar-refractivity contribution in [3.8, 4) is 22.8 Å². The van der Waals surface area contributed by atoms with Crippen LogP contribution in [0.25, 0.3) is 22.8 Å². The Labute approximate surface area is 232 Å². The molecule has 4 aromatic rings. The average Bonchev–Trinajstić information content (AvgIpc) is 3.59. The molecule has 9 heteroatoms. The van der Waals surface area contributed by atoms with Crippen LogP contribution >= 0.6 is 11.6 Å². The highest BCUT2D eigenvalue weighted by molar-refractivity contribution is 6.31. The van der Waals surface area contributed by atoms with Gasteiger partial charge in [0.05, 0.1) is 6.26 Å². The van der Waals surface area contributed by atoms with Crippen LogP contribution in [-0.4, -0.2) is 45.0 Å². The minimum Gasteiger partial charge on any atom is -0.469 e. The molecule has 5 rings (SSSR count). The molecule has 0 atom stereocenters. The largest absolute Gasteiger partial charge is 0.506 e. The van der Waals surface area contributed by atoms with Gasteiger partial charge in [-0.1, -0.05) is 60.9 Å². The van der Waals surface area contributed by atoms with E-state index in [1.165, 1.54) is 0 Å². The number of hydrogen-bond acceptors (Lipinski definition) is 7. The number of halogens is 1. The summed E-state index contributed by atoms with van der Waals surface area (Å²) in [6, 6.07) is 17.6. The van der Waals surface area contributed by atoms with Crippen LogP contribution < -0.4 is 0 Å². The maximum atomic E-state index is 11.4. The summed E-state index contributed by atoms with van der Waals surface area (Å²) in [6.07, 6.45) is 2.91. The maximum absolute atomic E-state index is 11.4. The first-order valence-electron chi connectivity index (χ1n) is 13.2. The molecule has 8 nitrogen and oxygen atoms in total. The molecule has 39 heavy (non-hydrogen) atoms. The normalized spacial score (nSPS) is 15.5. The van der Waals surface area contributed by atoms with E-state index >= 15 is 0 Å².